The summed E-state index contributed by atoms with van der Waals surface area (Å²) in [4.78, 5) is 16.2. The fourth-order valence-electron chi connectivity index (χ4n) is 3.07. The molecule has 3 aromatic heterocycles. The van der Waals surface area contributed by atoms with Crippen LogP contribution in [-0.4, -0.2) is 26.1 Å². The molecule has 5 nitrogen and oxygen atoms in total. The van der Waals surface area contributed by atoms with Crippen LogP contribution in [0.25, 0.3) is 10.2 Å². The van der Waals surface area contributed by atoms with E-state index in [1.54, 1.807) is 11.3 Å². The molecule has 138 valence electrons. The molecule has 0 amide bonds. The number of nitrogens with zero attached hydrogens (tertiary/aromatic N) is 4. The average molecular weight is 378 g/mol. The molecule has 0 spiro atoms. The number of hydrogen-bond acceptors (Lipinski definition) is 5. The van der Waals surface area contributed by atoms with Gasteiger partial charge in [-0.2, -0.15) is 0 Å². The van der Waals surface area contributed by atoms with Crippen molar-refractivity contribution in [3.05, 3.63) is 71.4 Å². The van der Waals surface area contributed by atoms with Crippen molar-refractivity contribution in [2.75, 3.05) is 11.9 Å². The van der Waals surface area contributed by atoms with E-state index < -0.39 is 0 Å². The Morgan fingerprint density at radius 1 is 1.15 bits per heavy atom. The molecule has 0 atom stereocenters. The summed E-state index contributed by atoms with van der Waals surface area (Å²) in [6.45, 7) is 4.00. The summed E-state index contributed by atoms with van der Waals surface area (Å²) in [5.41, 5.74) is 1.23. The summed E-state index contributed by atoms with van der Waals surface area (Å²) in [5.74, 6) is 1.82. The van der Waals surface area contributed by atoms with E-state index in [0.29, 0.717) is 0 Å². The van der Waals surface area contributed by atoms with Gasteiger partial charge in [0.25, 0.3) is 0 Å². The summed E-state index contributed by atoms with van der Waals surface area (Å²) < 4.78 is 2.10. The second-order valence-electron chi connectivity index (χ2n) is 6.52. The number of thiophene rings is 1. The molecule has 4 aromatic rings. The predicted octanol–water partition coefficient (Wildman–Crippen LogP) is 4.54. The third-order valence-electron chi connectivity index (χ3n) is 4.49. The number of imidazole rings is 1. The zero-order chi connectivity index (χ0) is 18.5. The molecule has 6 heteroatoms. The van der Waals surface area contributed by atoms with Crippen LogP contribution in [-0.2, 0) is 19.4 Å². The molecule has 0 saturated heterocycles. The van der Waals surface area contributed by atoms with Gasteiger partial charge in [0.15, 0.2) is 0 Å². The smallest absolute Gasteiger partial charge is 0.138 e. The van der Waals surface area contributed by atoms with Crippen LogP contribution in [0.2, 0.25) is 0 Å². The van der Waals surface area contributed by atoms with E-state index in [1.807, 2.05) is 24.8 Å². The van der Waals surface area contributed by atoms with Crippen LogP contribution in [0.1, 0.15) is 29.6 Å². The number of benzene rings is 1. The topological polar surface area (TPSA) is 55.6 Å². The lowest BCUT2D eigenvalue weighted by atomic mass is 10.1. The predicted molar refractivity (Wildman–Crippen MR) is 111 cm³/mol. The van der Waals surface area contributed by atoms with Gasteiger partial charge in [0.05, 0.1) is 11.7 Å². The summed E-state index contributed by atoms with van der Waals surface area (Å²) in [6, 6.07) is 12.6. The third-order valence-corrected chi connectivity index (χ3v) is 5.66. The molecular weight excluding hydrogens is 354 g/mol. The summed E-state index contributed by atoms with van der Waals surface area (Å²) >= 11 is 1.77. The number of aryl methyl sites for hydroxylation is 2. The van der Waals surface area contributed by atoms with E-state index in [1.165, 1.54) is 10.4 Å². The highest BCUT2D eigenvalue weighted by atomic mass is 32.1. The van der Waals surface area contributed by atoms with Crippen molar-refractivity contribution in [2.24, 2.45) is 0 Å². The molecule has 0 aliphatic carbocycles. The number of aromatic nitrogens is 4. The highest BCUT2D eigenvalue weighted by Gasteiger charge is 2.11. The minimum Gasteiger partial charge on any atom is -0.369 e. The van der Waals surface area contributed by atoms with Gasteiger partial charge in [-0.15, -0.1) is 11.3 Å². The molecule has 1 aromatic carbocycles. The second kappa shape index (κ2) is 8.31. The molecule has 27 heavy (non-hydrogen) atoms. The first-order chi connectivity index (χ1) is 13.3. The molecule has 0 aliphatic heterocycles. The lowest BCUT2D eigenvalue weighted by molar-refractivity contribution is 0.660. The Kier molecular flexibility index (Phi) is 5.44. The van der Waals surface area contributed by atoms with Crippen molar-refractivity contribution in [3.8, 4) is 0 Å². The maximum Gasteiger partial charge on any atom is 0.138 e. The molecule has 0 aliphatic rings. The molecule has 0 saturated carbocycles. The Labute approximate surface area is 163 Å². The average Bonchev–Trinajstić information content (AvgIpc) is 3.35. The van der Waals surface area contributed by atoms with Gasteiger partial charge in [-0.3, -0.25) is 0 Å². The van der Waals surface area contributed by atoms with Crippen molar-refractivity contribution < 1.29 is 0 Å². The summed E-state index contributed by atoms with van der Waals surface area (Å²) in [5, 5.41) is 4.67. The van der Waals surface area contributed by atoms with Crippen LogP contribution in [0, 0.1) is 0 Å². The number of anilines is 1. The van der Waals surface area contributed by atoms with Crippen LogP contribution in [0.4, 0.5) is 5.82 Å². The Balaban J connectivity index is 1.53. The van der Waals surface area contributed by atoms with E-state index >= 15 is 0 Å². The number of hydrogen-bond donors (Lipinski definition) is 1. The van der Waals surface area contributed by atoms with Gasteiger partial charge < -0.3 is 9.88 Å². The van der Waals surface area contributed by atoms with E-state index in [-0.39, 0.29) is 0 Å². The second-order valence-corrected chi connectivity index (χ2v) is 7.63. The Morgan fingerprint density at radius 3 is 2.81 bits per heavy atom. The summed E-state index contributed by atoms with van der Waals surface area (Å²) in [7, 11) is 0. The molecule has 0 fully saturated rings. The SMILES string of the molecule is CCc1cc2c(NCCCn3ccnc3)nc(Cc3ccccc3)nc2s1. The Hall–Kier alpha value is -2.73. The van der Waals surface area contributed by atoms with Gasteiger partial charge in [-0.1, -0.05) is 37.3 Å². The molecule has 0 unspecified atom stereocenters. The van der Waals surface area contributed by atoms with E-state index in [2.05, 4.69) is 52.1 Å². The van der Waals surface area contributed by atoms with E-state index in [9.17, 15) is 0 Å². The lowest BCUT2D eigenvalue weighted by Gasteiger charge is -2.09. The quantitative estimate of drug-likeness (QED) is 0.458. The van der Waals surface area contributed by atoms with Crippen LogP contribution < -0.4 is 5.32 Å². The van der Waals surface area contributed by atoms with Crippen molar-refractivity contribution in [2.45, 2.75) is 32.7 Å². The van der Waals surface area contributed by atoms with Crippen molar-refractivity contribution in [3.63, 3.8) is 0 Å². The first kappa shape index (κ1) is 17.7. The molecule has 4 rings (SSSR count). The maximum atomic E-state index is 4.84. The monoisotopic (exact) mass is 377 g/mol. The molecular formula is C21H23N5S. The number of nitrogens with one attached hydrogen (secondary N) is 1. The summed E-state index contributed by atoms with van der Waals surface area (Å²) in [6.07, 6.45) is 8.45. The number of fused-ring (bicyclic) bond motifs is 1. The molecule has 0 bridgehead atoms. The standard InChI is InChI=1S/C21H23N5S/c1-2-17-14-18-20(23-9-6-11-26-12-10-22-15-26)24-19(25-21(18)27-17)13-16-7-4-3-5-8-16/h3-5,7-8,10,12,14-15H,2,6,9,11,13H2,1H3,(H,23,24,25). The Morgan fingerprint density at radius 2 is 2.04 bits per heavy atom. The molecule has 1 N–H and O–H groups in total. The van der Waals surface area contributed by atoms with Gasteiger partial charge in [-0.05, 0) is 24.5 Å². The zero-order valence-corrected chi connectivity index (χ0v) is 16.2. The first-order valence-corrected chi connectivity index (χ1v) is 10.2. The first-order valence-electron chi connectivity index (χ1n) is 9.34. The highest BCUT2D eigenvalue weighted by molar-refractivity contribution is 7.18. The van der Waals surface area contributed by atoms with E-state index in [4.69, 9.17) is 9.97 Å². The van der Waals surface area contributed by atoms with Gasteiger partial charge in [0.2, 0.25) is 0 Å². The van der Waals surface area contributed by atoms with E-state index in [0.717, 1.165) is 54.2 Å². The lowest BCUT2D eigenvalue weighted by Crippen LogP contribution is -2.09. The fourth-order valence-corrected chi connectivity index (χ4v) is 4.06. The van der Waals surface area contributed by atoms with Gasteiger partial charge in [-0.25, -0.2) is 15.0 Å². The fraction of sp³-hybridized carbons (Fsp3) is 0.286. The number of rotatable bonds is 8. The van der Waals surface area contributed by atoms with Crippen LogP contribution in [0.5, 0.6) is 0 Å². The third kappa shape index (κ3) is 4.34. The normalized spacial score (nSPS) is 11.1. The van der Waals surface area contributed by atoms with Crippen LogP contribution in [0.3, 0.4) is 0 Å². The largest absolute Gasteiger partial charge is 0.369 e. The van der Waals surface area contributed by atoms with Crippen LogP contribution >= 0.6 is 11.3 Å². The van der Waals surface area contributed by atoms with Crippen LogP contribution in [0.15, 0.2) is 55.1 Å². The Bertz CT molecular complexity index is 992. The van der Waals surface area contributed by atoms with Gasteiger partial charge in [0, 0.05) is 36.8 Å². The zero-order valence-electron chi connectivity index (χ0n) is 15.4. The molecule has 3 heterocycles. The minimum atomic E-state index is 0.750. The van der Waals surface area contributed by atoms with Crippen molar-refractivity contribution in [1.29, 1.82) is 0 Å². The highest BCUT2D eigenvalue weighted by Crippen LogP contribution is 2.29. The van der Waals surface area contributed by atoms with Crippen molar-refractivity contribution in [1.82, 2.24) is 19.5 Å². The maximum absolute atomic E-state index is 4.84. The van der Waals surface area contributed by atoms with Crippen molar-refractivity contribution >= 4 is 27.4 Å². The van der Waals surface area contributed by atoms with Gasteiger partial charge >= 0.3 is 0 Å². The molecule has 0 radical (unpaired) electrons. The van der Waals surface area contributed by atoms with Gasteiger partial charge in [0.1, 0.15) is 16.5 Å². The minimum absolute atomic E-state index is 0.750.